The standard InChI is InChI=1S/C32H37Cl3F3N5O4S/c33-21-6-9-23(10-7-21)43-27(5-4-14-40-48(46,47)32(36,37)38)25(20-28(43)24-11-8-22(34)19-26(24)35)29(44)41-17-12-31(13-18-41,30(39)45)42-15-2-1-3-16-42/h6-11,19-20,25,27,40H,1-5,12-18H2,(H2,39,45). The number of primary amides is 1. The molecular formula is C32H37Cl3F3N5O4S. The highest BCUT2D eigenvalue weighted by Gasteiger charge is 2.49. The third-order valence-corrected chi connectivity index (χ3v) is 11.5. The largest absolute Gasteiger partial charge is 0.511 e. The van der Waals surface area contributed by atoms with Crippen molar-refractivity contribution in [2.45, 2.75) is 62.0 Å². The monoisotopic (exact) mass is 749 g/mol. The van der Waals surface area contributed by atoms with E-state index in [9.17, 15) is 31.2 Å². The zero-order valence-electron chi connectivity index (χ0n) is 26.0. The number of sulfonamides is 1. The number of anilines is 1. The molecule has 262 valence electrons. The molecule has 3 N–H and O–H groups in total. The second kappa shape index (κ2) is 14.7. The Morgan fingerprint density at radius 2 is 1.56 bits per heavy atom. The van der Waals surface area contributed by atoms with E-state index in [1.807, 2.05) is 4.90 Å². The first-order valence-electron chi connectivity index (χ1n) is 15.8. The van der Waals surface area contributed by atoms with E-state index in [0.29, 0.717) is 57.9 Å². The lowest BCUT2D eigenvalue weighted by Crippen LogP contribution is -2.64. The number of amides is 2. The van der Waals surface area contributed by atoms with Crippen LogP contribution in [0.4, 0.5) is 18.9 Å². The summed E-state index contributed by atoms with van der Waals surface area (Å²) in [6.07, 6.45) is 5.71. The number of nitrogens with one attached hydrogen (secondary N) is 1. The lowest BCUT2D eigenvalue weighted by Gasteiger charge is -2.48. The molecule has 0 bridgehead atoms. The molecule has 0 saturated carbocycles. The van der Waals surface area contributed by atoms with Gasteiger partial charge in [-0.15, -0.1) is 0 Å². The average molecular weight is 751 g/mol. The van der Waals surface area contributed by atoms with E-state index in [4.69, 9.17) is 40.5 Å². The SMILES string of the molecule is NC(=O)C1(N2CCCCC2)CCN(C(=O)C2C=C(c3ccc(Cl)cc3Cl)N(c3ccc(Cl)cc3)C2CCCNS(=O)(=O)C(F)(F)F)CC1. The fraction of sp³-hybridized carbons (Fsp3) is 0.500. The number of nitrogens with two attached hydrogens (primary N) is 1. The van der Waals surface area contributed by atoms with Gasteiger partial charge in [-0.3, -0.25) is 14.5 Å². The molecule has 2 aromatic rings. The number of benzene rings is 2. The smallest absolute Gasteiger partial charge is 0.368 e. The molecule has 2 amide bonds. The molecule has 2 saturated heterocycles. The third-order valence-electron chi connectivity index (χ3n) is 9.54. The zero-order chi connectivity index (χ0) is 34.9. The Kier molecular flexibility index (Phi) is 11.3. The molecule has 16 heteroatoms. The second-order valence-electron chi connectivity index (χ2n) is 12.4. The van der Waals surface area contributed by atoms with Gasteiger partial charge < -0.3 is 15.5 Å². The van der Waals surface area contributed by atoms with Crippen LogP contribution in [-0.4, -0.2) is 79.8 Å². The van der Waals surface area contributed by atoms with Crippen LogP contribution in [0.1, 0.15) is 50.5 Å². The van der Waals surface area contributed by atoms with Crippen molar-refractivity contribution in [3.8, 4) is 0 Å². The molecular weight excluding hydrogens is 714 g/mol. The average Bonchev–Trinajstić information content (AvgIpc) is 3.41. The normalized spacial score (nSPS) is 22.1. The number of nitrogens with zero attached hydrogens (tertiary/aromatic N) is 3. The maximum absolute atomic E-state index is 14.4. The Morgan fingerprint density at radius 1 is 0.938 bits per heavy atom. The van der Waals surface area contributed by atoms with Gasteiger partial charge >= 0.3 is 15.5 Å². The van der Waals surface area contributed by atoms with Crippen LogP contribution in [0, 0.1) is 5.92 Å². The molecule has 5 rings (SSSR count). The fourth-order valence-electron chi connectivity index (χ4n) is 7.04. The first-order valence-corrected chi connectivity index (χ1v) is 18.4. The number of rotatable bonds is 10. The summed E-state index contributed by atoms with van der Waals surface area (Å²) in [5, 5.41) is 1.20. The van der Waals surface area contributed by atoms with Crippen LogP contribution >= 0.6 is 34.8 Å². The van der Waals surface area contributed by atoms with Crippen molar-refractivity contribution in [2.75, 3.05) is 37.6 Å². The molecule has 2 unspecified atom stereocenters. The highest BCUT2D eigenvalue weighted by molar-refractivity contribution is 7.90. The highest BCUT2D eigenvalue weighted by atomic mass is 35.5. The number of hydrogen-bond acceptors (Lipinski definition) is 6. The van der Waals surface area contributed by atoms with Crippen molar-refractivity contribution in [3.63, 3.8) is 0 Å². The van der Waals surface area contributed by atoms with Crippen molar-refractivity contribution >= 4 is 68.0 Å². The van der Waals surface area contributed by atoms with Crippen LogP contribution in [0.2, 0.25) is 15.1 Å². The van der Waals surface area contributed by atoms with Gasteiger partial charge in [0.1, 0.15) is 5.54 Å². The molecule has 2 atom stereocenters. The van der Waals surface area contributed by atoms with Gasteiger partial charge in [-0.05, 0) is 100 Å². The summed E-state index contributed by atoms with van der Waals surface area (Å²) in [6, 6.07) is 11.2. The van der Waals surface area contributed by atoms with E-state index in [-0.39, 0.29) is 18.7 Å². The van der Waals surface area contributed by atoms with E-state index in [2.05, 4.69) is 4.90 Å². The zero-order valence-corrected chi connectivity index (χ0v) is 29.1. The Bertz CT molecular complexity index is 1640. The lowest BCUT2D eigenvalue weighted by molar-refractivity contribution is -0.143. The number of hydrogen-bond donors (Lipinski definition) is 2. The third kappa shape index (κ3) is 7.61. The quantitative estimate of drug-likeness (QED) is 0.286. The van der Waals surface area contributed by atoms with Crippen LogP contribution in [0.3, 0.4) is 0 Å². The molecule has 0 aliphatic carbocycles. The number of carbonyl (C=O) groups excluding carboxylic acids is 2. The summed E-state index contributed by atoms with van der Waals surface area (Å²) < 4.78 is 64.0. The van der Waals surface area contributed by atoms with E-state index in [1.54, 1.807) is 58.2 Å². The molecule has 3 aliphatic rings. The summed E-state index contributed by atoms with van der Waals surface area (Å²) in [5.41, 5.74) is 1.48. The van der Waals surface area contributed by atoms with Crippen LogP contribution in [-0.2, 0) is 19.6 Å². The maximum atomic E-state index is 14.4. The van der Waals surface area contributed by atoms with Gasteiger partial charge in [-0.1, -0.05) is 41.2 Å². The van der Waals surface area contributed by atoms with Gasteiger partial charge in [0.05, 0.1) is 10.9 Å². The summed E-state index contributed by atoms with van der Waals surface area (Å²) in [4.78, 5) is 33.0. The predicted molar refractivity (Wildman–Crippen MR) is 181 cm³/mol. The van der Waals surface area contributed by atoms with E-state index in [0.717, 1.165) is 32.4 Å². The minimum atomic E-state index is -5.54. The Morgan fingerprint density at radius 3 is 2.15 bits per heavy atom. The minimum Gasteiger partial charge on any atom is -0.368 e. The number of piperidine rings is 2. The Labute approximate surface area is 293 Å². The van der Waals surface area contributed by atoms with E-state index in [1.165, 1.54) is 0 Å². The maximum Gasteiger partial charge on any atom is 0.511 e. The first kappa shape index (κ1) is 36.7. The van der Waals surface area contributed by atoms with Crippen LogP contribution in [0.5, 0.6) is 0 Å². The summed E-state index contributed by atoms with van der Waals surface area (Å²) >= 11 is 19.1. The van der Waals surface area contributed by atoms with Crippen LogP contribution in [0.25, 0.3) is 5.70 Å². The van der Waals surface area contributed by atoms with Crippen LogP contribution < -0.4 is 15.4 Å². The van der Waals surface area contributed by atoms with E-state index < -0.39 is 45.5 Å². The molecule has 9 nitrogen and oxygen atoms in total. The fourth-order valence-corrected chi connectivity index (χ4v) is 8.25. The van der Waals surface area contributed by atoms with Crippen molar-refractivity contribution in [2.24, 2.45) is 11.7 Å². The van der Waals surface area contributed by atoms with E-state index >= 15 is 0 Å². The summed E-state index contributed by atoms with van der Waals surface area (Å²) in [5.74, 6) is -1.42. The van der Waals surface area contributed by atoms with Gasteiger partial charge in [0.2, 0.25) is 11.8 Å². The molecule has 0 spiro atoms. The predicted octanol–water partition coefficient (Wildman–Crippen LogP) is 6.04. The van der Waals surface area contributed by atoms with Crippen molar-refractivity contribution in [1.29, 1.82) is 0 Å². The highest BCUT2D eigenvalue weighted by Crippen LogP contribution is 2.44. The van der Waals surface area contributed by atoms with Crippen LogP contribution in [0.15, 0.2) is 48.5 Å². The molecule has 0 radical (unpaired) electrons. The molecule has 3 aliphatic heterocycles. The van der Waals surface area contributed by atoms with Crippen molar-refractivity contribution in [3.05, 3.63) is 69.2 Å². The van der Waals surface area contributed by atoms with Gasteiger partial charge in [0.15, 0.2) is 0 Å². The molecule has 0 aromatic heterocycles. The number of alkyl halides is 3. The molecule has 3 heterocycles. The summed E-state index contributed by atoms with van der Waals surface area (Å²) in [7, 11) is -5.54. The number of carbonyl (C=O) groups is 2. The molecule has 2 fully saturated rings. The van der Waals surface area contributed by atoms with Gasteiger partial charge in [-0.2, -0.15) is 13.2 Å². The number of likely N-dealkylation sites (tertiary alicyclic amines) is 2. The lowest BCUT2D eigenvalue weighted by atomic mass is 9.82. The minimum absolute atomic E-state index is 0.0109. The second-order valence-corrected chi connectivity index (χ2v) is 15.4. The first-order chi connectivity index (χ1) is 22.6. The Balaban J connectivity index is 1.47. The van der Waals surface area contributed by atoms with Crippen molar-refractivity contribution in [1.82, 2.24) is 14.5 Å². The van der Waals surface area contributed by atoms with Gasteiger partial charge in [0.25, 0.3) is 0 Å². The van der Waals surface area contributed by atoms with Crippen molar-refractivity contribution < 1.29 is 31.2 Å². The number of halogens is 6. The summed E-state index contributed by atoms with van der Waals surface area (Å²) in [6.45, 7) is 1.62. The Hall–Kier alpha value is -2.55. The van der Waals surface area contributed by atoms with Gasteiger partial charge in [0, 0.05) is 52.7 Å². The molecule has 48 heavy (non-hydrogen) atoms. The topological polar surface area (TPSA) is 116 Å². The van der Waals surface area contributed by atoms with Gasteiger partial charge in [-0.25, -0.2) is 13.1 Å². The molecule has 2 aromatic carbocycles.